The summed E-state index contributed by atoms with van der Waals surface area (Å²) in [4.78, 5) is 14.5. The number of likely N-dealkylation sites (tertiary alicyclic amines) is 1. The van der Waals surface area contributed by atoms with Crippen LogP contribution in [0.3, 0.4) is 0 Å². The number of rotatable bonds is 5. The zero-order valence-electron chi connectivity index (χ0n) is 19.6. The average Bonchev–Trinajstić information content (AvgIpc) is 3.44. The zero-order chi connectivity index (χ0) is 27.1. The molecule has 12 heteroatoms. The fourth-order valence-electron chi connectivity index (χ4n) is 4.38. The van der Waals surface area contributed by atoms with E-state index >= 15 is 0 Å². The van der Waals surface area contributed by atoms with Gasteiger partial charge in [-0.2, -0.15) is 31.4 Å². The van der Waals surface area contributed by atoms with Crippen molar-refractivity contribution in [2.75, 3.05) is 13.1 Å². The lowest BCUT2D eigenvalue weighted by atomic mass is 9.95. The van der Waals surface area contributed by atoms with E-state index in [2.05, 4.69) is 5.10 Å². The SMILES string of the molecule is CC(OC1CN(C(=O)c2cnn(C)c2)CC1c1ccc(F)cc1)c1cc(C(F)(F)F)cc(C(F)(F)F)c1. The van der Waals surface area contributed by atoms with Gasteiger partial charge in [0.1, 0.15) is 5.82 Å². The first-order valence-electron chi connectivity index (χ1n) is 11.2. The Bertz CT molecular complexity index is 1240. The molecule has 2 aromatic carbocycles. The standard InChI is InChI=1S/C25H22F7N3O2/c1-14(16-7-18(24(27,28)29)9-19(8-16)25(30,31)32)37-22-13-35(23(36)17-10-33-34(2)11-17)12-21(22)15-3-5-20(26)6-4-15/h3-11,14,21-22H,12-13H2,1-2H3. The van der Waals surface area contributed by atoms with Gasteiger partial charge in [0.15, 0.2) is 0 Å². The van der Waals surface area contributed by atoms with Gasteiger partial charge in [-0.05, 0) is 48.4 Å². The molecule has 1 saturated heterocycles. The van der Waals surface area contributed by atoms with E-state index < -0.39 is 47.4 Å². The Hall–Kier alpha value is -3.41. The Labute approximate surface area is 207 Å². The van der Waals surface area contributed by atoms with Crippen molar-refractivity contribution in [3.63, 3.8) is 0 Å². The quantitative estimate of drug-likeness (QED) is 0.382. The van der Waals surface area contributed by atoms with Gasteiger partial charge >= 0.3 is 12.4 Å². The fraction of sp³-hybridized carbons (Fsp3) is 0.360. The van der Waals surface area contributed by atoms with Crippen LogP contribution in [0.2, 0.25) is 0 Å². The van der Waals surface area contributed by atoms with Crippen molar-refractivity contribution in [1.29, 1.82) is 0 Å². The molecule has 0 saturated carbocycles. The number of ether oxygens (including phenoxy) is 1. The summed E-state index contributed by atoms with van der Waals surface area (Å²) in [6.45, 7) is 1.52. The van der Waals surface area contributed by atoms with Gasteiger partial charge in [-0.15, -0.1) is 0 Å². The van der Waals surface area contributed by atoms with E-state index in [1.165, 1.54) is 53.2 Å². The highest BCUT2D eigenvalue weighted by atomic mass is 19.4. The van der Waals surface area contributed by atoms with Crippen LogP contribution in [-0.4, -0.2) is 39.8 Å². The normalized spacial score (nSPS) is 19.3. The number of carbonyl (C=O) groups excluding carboxylic acids is 1. The summed E-state index contributed by atoms with van der Waals surface area (Å²) in [6, 6.07) is 6.77. The molecule has 5 nitrogen and oxygen atoms in total. The lowest BCUT2D eigenvalue weighted by molar-refractivity contribution is -0.143. The Morgan fingerprint density at radius 1 is 1.00 bits per heavy atom. The fourth-order valence-corrected chi connectivity index (χ4v) is 4.38. The van der Waals surface area contributed by atoms with Crippen molar-refractivity contribution in [2.45, 2.75) is 37.4 Å². The smallest absolute Gasteiger partial charge is 0.368 e. The predicted octanol–water partition coefficient (Wildman–Crippen LogP) is 5.98. The van der Waals surface area contributed by atoms with E-state index in [1.807, 2.05) is 0 Å². The van der Waals surface area contributed by atoms with E-state index in [-0.39, 0.29) is 30.6 Å². The molecule has 3 unspecified atom stereocenters. The molecule has 1 amide bonds. The third kappa shape index (κ3) is 5.95. The molecule has 0 bridgehead atoms. The Balaban J connectivity index is 1.64. The third-order valence-corrected chi connectivity index (χ3v) is 6.26. The molecule has 0 N–H and O–H groups in total. The number of hydrogen-bond acceptors (Lipinski definition) is 3. The number of hydrogen-bond donors (Lipinski definition) is 0. The molecule has 1 fully saturated rings. The maximum Gasteiger partial charge on any atom is 0.416 e. The van der Waals surface area contributed by atoms with Gasteiger partial charge in [0.25, 0.3) is 5.91 Å². The molecular formula is C25H22F7N3O2. The van der Waals surface area contributed by atoms with E-state index in [9.17, 15) is 35.5 Å². The summed E-state index contributed by atoms with van der Waals surface area (Å²) in [7, 11) is 1.64. The number of aryl methyl sites for hydroxylation is 1. The Kier molecular flexibility index (Phi) is 7.06. The second-order valence-electron chi connectivity index (χ2n) is 8.93. The molecule has 3 atom stereocenters. The topological polar surface area (TPSA) is 47.4 Å². The molecule has 0 radical (unpaired) electrons. The maximum absolute atomic E-state index is 13.5. The van der Waals surface area contributed by atoms with Gasteiger partial charge in [-0.3, -0.25) is 9.48 Å². The van der Waals surface area contributed by atoms with Gasteiger partial charge < -0.3 is 9.64 Å². The summed E-state index contributed by atoms with van der Waals surface area (Å²) in [5.74, 6) is -1.35. The van der Waals surface area contributed by atoms with Gasteiger partial charge in [0.05, 0.1) is 35.1 Å². The summed E-state index contributed by atoms with van der Waals surface area (Å²) in [5.41, 5.74) is -2.27. The number of amides is 1. The summed E-state index contributed by atoms with van der Waals surface area (Å²) in [5, 5.41) is 3.97. The molecule has 198 valence electrons. The molecular weight excluding hydrogens is 507 g/mol. The summed E-state index contributed by atoms with van der Waals surface area (Å²) < 4.78 is 101. The molecule has 1 aromatic heterocycles. The molecule has 4 rings (SSSR count). The monoisotopic (exact) mass is 529 g/mol. The van der Waals surface area contributed by atoms with Crippen LogP contribution in [-0.2, 0) is 24.1 Å². The molecule has 2 heterocycles. The van der Waals surface area contributed by atoms with Crippen LogP contribution in [0.15, 0.2) is 54.9 Å². The van der Waals surface area contributed by atoms with Gasteiger partial charge in [-0.1, -0.05) is 12.1 Å². The first-order chi connectivity index (χ1) is 17.2. The van der Waals surface area contributed by atoms with Crippen LogP contribution in [0.5, 0.6) is 0 Å². The van der Waals surface area contributed by atoms with E-state index in [1.54, 1.807) is 7.05 Å². The van der Waals surface area contributed by atoms with Gasteiger partial charge in [0.2, 0.25) is 0 Å². The molecule has 1 aliphatic rings. The van der Waals surface area contributed by atoms with Crippen LogP contribution in [0.4, 0.5) is 30.7 Å². The first kappa shape index (κ1) is 26.6. The molecule has 3 aromatic rings. The van der Waals surface area contributed by atoms with E-state index in [0.29, 0.717) is 23.3 Å². The summed E-state index contributed by atoms with van der Waals surface area (Å²) >= 11 is 0. The van der Waals surface area contributed by atoms with Crippen LogP contribution < -0.4 is 0 Å². The average molecular weight is 529 g/mol. The van der Waals surface area contributed by atoms with Crippen molar-refractivity contribution in [3.8, 4) is 0 Å². The van der Waals surface area contributed by atoms with Crippen LogP contribution in [0.25, 0.3) is 0 Å². The van der Waals surface area contributed by atoms with Crippen LogP contribution in [0.1, 0.15) is 51.6 Å². The number of nitrogens with zero attached hydrogens (tertiary/aromatic N) is 3. The third-order valence-electron chi connectivity index (χ3n) is 6.26. The Morgan fingerprint density at radius 3 is 2.11 bits per heavy atom. The molecule has 37 heavy (non-hydrogen) atoms. The zero-order valence-corrected chi connectivity index (χ0v) is 19.6. The molecule has 0 spiro atoms. The minimum Gasteiger partial charge on any atom is -0.368 e. The predicted molar refractivity (Wildman–Crippen MR) is 118 cm³/mol. The number of alkyl halides is 6. The number of aromatic nitrogens is 2. The van der Waals surface area contributed by atoms with Gasteiger partial charge in [0, 0.05) is 32.3 Å². The number of halogens is 7. The van der Waals surface area contributed by atoms with Crippen LogP contribution >= 0.6 is 0 Å². The number of benzene rings is 2. The van der Waals surface area contributed by atoms with E-state index in [0.717, 1.165) is 0 Å². The minimum absolute atomic E-state index is 0.0190. The number of carbonyl (C=O) groups is 1. The molecule has 1 aliphatic heterocycles. The maximum atomic E-state index is 13.5. The van der Waals surface area contributed by atoms with Crippen molar-refractivity contribution in [3.05, 3.63) is 88.5 Å². The highest BCUT2D eigenvalue weighted by Gasteiger charge is 2.40. The van der Waals surface area contributed by atoms with Crippen molar-refractivity contribution < 1.29 is 40.3 Å². The van der Waals surface area contributed by atoms with Crippen molar-refractivity contribution in [2.24, 2.45) is 7.05 Å². The second kappa shape index (κ2) is 9.81. The summed E-state index contributed by atoms with van der Waals surface area (Å²) in [6.07, 6.45) is -9.05. The Morgan fingerprint density at radius 2 is 1.59 bits per heavy atom. The van der Waals surface area contributed by atoms with Crippen molar-refractivity contribution >= 4 is 5.91 Å². The lowest BCUT2D eigenvalue weighted by Gasteiger charge is -2.25. The van der Waals surface area contributed by atoms with Gasteiger partial charge in [-0.25, -0.2) is 4.39 Å². The molecule has 0 aliphatic carbocycles. The van der Waals surface area contributed by atoms with E-state index in [4.69, 9.17) is 4.74 Å². The largest absolute Gasteiger partial charge is 0.416 e. The highest BCUT2D eigenvalue weighted by molar-refractivity contribution is 5.94. The van der Waals surface area contributed by atoms with Crippen molar-refractivity contribution in [1.82, 2.24) is 14.7 Å². The first-order valence-corrected chi connectivity index (χ1v) is 11.2. The minimum atomic E-state index is -4.99. The lowest BCUT2D eigenvalue weighted by Crippen LogP contribution is -2.30. The van der Waals surface area contributed by atoms with Crippen LogP contribution in [0, 0.1) is 5.82 Å². The highest BCUT2D eigenvalue weighted by Crippen LogP contribution is 2.39. The second-order valence-corrected chi connectivity index (χ2v) is 8.93.